The van der Waals surface area contributed by atoms with Gasteiger partial charge < -0.3 is 5.73 Å². The lowest BCUT2D eigenvalue weighted by Gasteiger charge is -2.17. The highest BCUT2D eigenvalue weighted by Gasteiger charge is 2.24. The molecule has 1 amide bonds. The molecule has 1 aliphatic carbocycles. The molecule has 16 heavy (non-hydrogen) atoms. The second kappa shape index (κ2) is 4.22. The van der Waals surface area contributed by atoms with Gasteiger partial charge in [0.15, 0.2) is 0 Å². The Labute approximate surface area is 93.8 Å². The van der Waals surface area contributed by atoms with Crippen molar-refractivity contribution in [2.75, 3.05) is 0 Å². The van der Waals surface area contributed by atoms with Gasteiger partial charge in [-0.25, -0.2) is 4.39 Å². The molecule has 1 aromatic carbocycles. The van der Waals surface area contributed by atoms with Gasteiger partial charge in [0.25, 0.3) is 0 Å². The van der Waals surface area contributed by atoms with Gasteiger partial charge in [-0.1, -0.05) is 6.07 Å². The molecule has 0 aromatic heterocycles. The number of nitrogens with two attached hydrogens (primary N) is 1. The fourth-order valence-corrected chi connectivity index (χ4v) is 2.14. The lowest BCUT2D eigenvalue weighted by atomic mass is 10.1. The van der Waals surface area contributed by atoms with Gasteiger partial charge in [-0.05, 0) is 43.0 Å². The summed E-state index contributed by atoms with van der Waals surface area (Å²) in [4.78, 5) is 11.0. The van der Waals surface area contributed by atoms with E-state index in [0.717, 1.165) is 24.0 Å². The molecule has 0 spiro atoms. The molecule has 0 fully saturated rings. The monoisotopic (exact) mass is 222 g/mol. The van der Waals surface area contributed by atoms with E-state index < -0.39 is 0 Å². The Kier molecular flexibility index (Phi) is 2.92. The van der Waals surface area contributed by atoms with Crippen molar-refractivity contribution in [3.8, 4) is 0 Å². The number of benzene rings is 1. The summed E-state index contributed by atoms with van der Waals surface area (Å²) in [6.45, 7) is 1.74. The van der Waals surface area contributed by atoms with E-state index in [9.17, 15) is 9.18 Å². The Hall–Kier alpha value is -1.42. The van der Waals surface area contributed by atoms with Gasteiger partial charge in [0, 0.05) is 6.04 Å². The van der Waals surface area contributed by atoms with E-state index in [1.807, 2.05) is 0 Å². The zero-order chi connectivity index (χ0) is 11.7. The molecule has 0 aliphatic heterocycles. The van der Waals surface area contributed by atoms with Gasteiger partial charge in [0.1, 0.15) is 5.82 Å². The molecule has 2 rings (SSSR count). The standard InChI is InChI=1S/C12H15FN2O/c1-7(12(14)16)15-11-5-2-8-6-9(13)3-4-10(8)11/h3-4,6-7,11,15H,2,5H2,1H3,(H2,14,16). The number of primary amides is 1. The first-order valence-corrected chi connectivity index (χ1v) is 5.41. The van der Waals surface area contributed by atoms with Crippen molar-refractivity contribution >= 4 is 5.91 Å². The summed E-state index contributed by atoms with van der Waals surface area (Å²) in [6.07, 6.45) is 1.73. The third kappa shape index (κ3) is 2.07. The number of fused-ring (bicyclic) bond motifs is 1. The van der Waals surface area contributed by atoms with Gasteiger partial charge in [-0.3, -0.25) is 10.1 Å². The van der Waals surface area contributed by atoms with Crippen LogP contribution in [0.2, 0.25) is 0 Å². The topological polar surface area (TPSA) is 55.1 Å². The third-order valence-electron chi connectivity index (χ3n) is 3.06. The maximum atomic E-state index is 13.0. The normalized spacial score (nSPS) is 20.5. The van der Waals surface area contributed by atoms with Gasteiger partial charge in [-0.15, -0.1) is 0 Å². The summed E-state index contributed by atoms with van der Waals surface area (Å²) in [5.41, 5.74) is 7.30. The zero-order valence-corrected chi connectivity index (χ0v) is 9.16. The molecule has 2 unspecified atom stereocenters. The van der Waals surface area contributed by atoms with E-state index in [1.165, 1.54) is 6.07 Å². The number of carbonyl (C=O) groups is 1. The van der Waals surface area contributed by atoms with Crippen LogP contribution in [-0.4, -0.2) is 11.9 Å². The molecule has 86 valence electrons. The Morgan fingerprint density at radius 3 is 3.06 bits per heavy atom. The Bertz CT molecular complexity index is 419. The van der Waals surface area contributed by atoms with E-state index in [4.69, 9.17) is 5.73 Å². The van der Waals surface area contributed by atoms with Crippen LogP contribution in [0.4, 0.5) is 4.39 Å². The molecule has 3 nitrogen and oxygen atoms in total. The highest BCUT2D eigenvalue weighted by atomic mass is 19.1. The van der Waals surface area contributed by atoms with Gasteiger partial charge in [-0.2, -0.15) is 0 Å². The van der Waals surface area contributed by atoms with Gasteiger partial charge in [0.05, 0.1) is 6.04 Å². The second-order valence-corrected chi connectivity index (χ2v) is 4.23. The van der Waals surface area contributed by atoms with Crippen molar-refractivity contribution in [1.29, 1.82) is 0 Å². The minimum Gasteiger partial charge on any atom is -0.368 e. The number of amides is 1. The fourth-order valence-electron chi connectivity index (χ4n) is 2.14. The number of aryl methyl sites for hydroxylation is 1. The van der Waals surface area contributed by atoms with Crippen molar-refractivity contribution < 1.29 is 9.18 Å². The molecule has 0 saturated heterocycles. The molecule has 3 N–H and O–H groups in total. The van der Waals surface area contributed by atoms with Crippen LogP contribution in [0.1, 0.15) is 30.5 Å². The fraction of sp³-hybridized carbons (Fsp3) is 0.417. The van der Waals surface area contributed by atoms with Crippen molar-refractivity contribution in [3.63, 3.8) is 0 Å². The molecule has 0 radical (unpaired) electrons. The van der Waals surface area contributed by atoms with Gasteiger partial charge in [0.2, 0.25) is 5.91 Å². The maximum absolute atomic E-state index is 13.0. The number of hydrogen-bond donors (Lipinski definition) is 2. The number of rotatable bonds is 3. The number of nitrogens with one attached hydrogen (secondary N) is 1. The van der Waals surface area contributed by atoms with E-state index in [0.29, 0.717) is 0 Å². The first-order valence-electron chi connectivity index (χ1n) is 5.41. The largest absolute Gasteiger partial charge is 0.368 e. The summed E-state index contributed by atoms with van der Waals surface area (Å²) >= 11 is 0. The predicted octanol–water partition coefficient (Wildman–Crippen LogP) is 1.28. The molecule has 1 aromatic rings. The molecule has 1 aliphatic rings. The lowest BCUT2D eigenvalue weighted by Crippen LogP contribution is -2.40. The van der Waals surface area contributed by atoms with Crippen LogP contribution < -0.4 is 11.1 Å². The maximum Gasteiger partial charge on any atom is 0.234 e. The molecule has 0 bridgehead atoms. The second-order valence-electron chi connectivity index (χ2n) is 4.23. The molecule has 2 atom stereocenters. The molecule has 0 saturated carbocycles. The Morgan fingerprint density at radius 1 is 1.62 bits per heavy atom. The number of hydrogen-bond acceptors (Lipinski definition) is 2. The first kappa shape index (κ1) is 11.1. The highest BCUT2D eigenvalue weighted by molar-refractivity contribution is 5.79. The van der Waals surface area contributed by atoms with Crippen molar-refractivity contribution in [2.24, 2.45) is 5.73 Å². The van der Waals surface area contributed by atoms with Gasteiger partial charge >= 0.3 is 0 Å². The summed E-state index contributed by atoms with van der Waals surface area (Å²) in [6, 6.07) is 4.54. The highest BCUT2D eigenvalue weighted by Crippen LogP contribution is 2.31. The SMILES string of the molecule is CC(NC1CCc2cc(F)ccc21)C(N)=O. The van der Waals surface area contributed by atoms with Crippen molar-refractivity contribution in [2.45, 2.75) is 31.8 Å². The Balaban J connectivity index is 2.15. The average molecular weight is 222 g/mol. The first-order chi connectivity index (χ1) is 7.58. The van der Waals surface area contributed by atoms with Crippen LogP contribution in [0.15, 0.2) is 18.2 Å². The number of carbonyl (C=O) groups excluding carboxylic acids is 1. The van der Waals surface area contributed by atoms with Crippen molar-refractivity contribution in [3.05, 3.63) is 35.1 Å². The van der Waals surface area contributed by atoms with Crippen LogP contribution in [0.25, 0.3) is 0 Å². The summed E-state index contributed by atoms with van der Waals surface area (Å²) in [5, 5.41) is 3.16. The Morgan fingerprint density at radius 2 is 2.38 bits per heavy atom. The average Bonchev–Trinajstić information content (AvgIpc) is 2.60. The molecular weight excluding hydrogens is 207 g/mol. The quantitative estimate of drug-likeness (QED) is 0.809. The molecule has 0 heterocycles. The minimum absolute atomic E-state index is 0.109. The van der Waals surface area contributed by atoms with Crippen LogP contribution in [-0.2, 0) is 11.2 Å². The summed E-state index contributed by atoms with van der Waals surface area (Å²) in [5.74, 6) is -0.571. The molecule has 4 heteroatoms. The summed E-state index contributed by atoms with van der Waals surface area (Å²) < 4.78 is 13.0. The van der Waals surface area contributed by atoms with Crippen LogP contribution in [0, 0.1) is 5.82 Å². The van der Waals surface area contributed by atoms with Crippen LogP contribution >= 0.6 is 0 Å². The van der Waals surface area contributed by atoms with Crippen molar-refractivity contribution in [1.82, 2.24) is 5.32 Å². The summed E-state index contributed by atoms with van der Waals surface area (Å²) in [7, 11) is 0. The van der Waals surface area contributed by atoms with E-state index >= 15 is 0 Å². The van der Waals surface area contributed by atoms with Crippen LogP contribution in [0.3, 0.4) is 0 Å². The smallest absolute Gasteiger partial charge is 0.234 e. The zero-order valence-electron chi connectivity index (χ0n) is 9.16. The van der Waals surface area contributed by atoms with E-state index in [-0.39, 0.29) is 23.8 Å². The van der Waals surface area contributed by atoms with Crippen LogP contribution in [0.5, 0.6) is 0 Å². The third-order valence-corrected chi connectivity index (χ3v) is 3.06. The lowest BCUT2D eigenvalue weighted by molar-refractivity contribution is -0.119. The number of halogens is 1. The van der Waals surface area contributed by atoms with E-state index in [2.05, 4.69) is 5.32 Å². The minimum atomic E-state index is -0.365. The molecular formula is C12H15FN2O. The predicted molar refractivity (Wildman–Crippen MR) is 59.3 cm³/mol. The van der Waals surface area contributed by atoms with E-state index in [1.54, 1.807) is 19.1 Å².